The number of aromatic nitrogens is 2. The van der Waals surface area contributed by atoms with E-state index in [0.29, 0.717) is 25.1 Å². The van der Waals surface area contributed by atoms with Crippen molar-refractivity contribution in [2.24, 2.45) is 5.73 Å². The summed E-state index contributed by atoms with van der Waals surface area (Å²) in [5.41, 5.74) is 6.63. The van der Waals surface area contributed by atoms with Crippen LogP contribution in [0.15, 0.2) is 0 Å². The van der Waals surface area contributed by atoms with Gasteiger partial charge in [-0.2, -0.15) is 5.10 Å². The second-order valence-corrected chi connectivity index (χ2v) is 5.06. The van der Waals surface area contributed by atoms with Gasteiger partial charge in [-0.05, 0) is 12.8 Å². The summed E-state index contributed by atoms with van der Waals surface area (Å²) in [4.78, 5) is 24.0. The fraction of sp³-hybridized carbons (Fsp3) is 0.615. The van der Waals surface area contributed by atoms with Crippen molar-refractivity contribution in [3.63, 3.8) is 0 Å². The zero-order valence-corrected chi connectivity index (χ0v) is 13.1. The molecule has 0 unspecified atom stereocenters. The molecule has 5 N–H and O–H groups in total. The van der Waals surface area contributed by atoms with Gasteiger partial charge in [0.25, 0.3) is 5.91 Å². The van der Waals surface area contributed by atoms with E-state index < -0.39 is 11.4 Å². The van der Waals surface area contributed by atoms with Gasteiger partial charge in [-0.3, -0.25) is 14.7 Å². The van der Waals surface area contributed by atoms with Gasteiger partial charge in [-0.1, -0.05) is 13.8 Å². The summed E-state index contributed by atoms with van der Waals surface area (Å²) in [5.74, 6) is -0.868. The van der Waals surface area contributed by atoms with Gasteiger partial charge in [0.15, 0.2) is 5.69 Å². The lowest BCUT2D eigenvalue weighted by Crippen LogP contribution is -2.57. The molecule has 1 aliphatic heterocycles. The van der Waals surface area contributed by atoms with Gasteiger partial charge in [0, 0.05) is 30.8 Å². The predicted molar refractivity (Wildman–Crippen MR) is 81.2 cm³/mol. The number of nitrogens with two attached hydrogens (primary N) is 1. The topological polar surface area (TPSA) is 113 Å². The van der Waals surface area contributed by atoms with E-state index in [-0.39, 0.29) is 18.3 Å². The van der Waals surface area contributed by atoms with Crippen molar-refractivity contribution in [2.75, 3.05) is 6.54 Å². The molecule has 0 fully saturated rings. The Morgan fingerprint density at radius 3 is 2.62 bits per heavy atom. The molecule has 118 valence electrons. The Kier molecular flexibility index (Phi) is 5.74. The number of hydrogen-bond donors (Lipinski definition) is 4. The molecule has 2 heterocycles. The van der Waals surface area contributed by atoms with E-state index in [9.17, 15) is 9.59 Å². The van der Waals surface area contributed by atoms with Crippen molar-refractivity contribution in [3.05, 3.63) is 17.0 Å². The van der Waals surface area contributed by atoms with Crippen LogP contribution < -0.4 is 16.4 Å². The number of amides is 2. The van der Waals surface area contributed by atoms with Crippen LogP contribution in [0.1, 0.15) is 48.4 Å². The predicted octanol–water partition coefficient (Wildman–Crippen LogP) is 0.251. The van der Waals surface area contributed by atoms with Gasteiger partial charge in [-0.25, -0.2) is 0 Å². The highest BCUT2D eigenvalue weighted by Crippen LogP contribution is 2.19. The number of carbonyl (C=O) groups excluding carboxylic acids is 2. The summed E-state index contributed by atoms with van der Waals surface area (Å²) in [5, 5.41) is 12.9. The normalized spacial score (nSPS) is 14.0. The maximum Gasteiger partial charge on any atom is 0.272 e. The third-order valence-electron chi connectivity index (χ3n) is 4.05. The summed E-state index contributed by atoms with van der Waals surface area (Å²) >= 11 is 0. The van der Waals surface area contributed by atoms with Crippen molar-refractivity contribution in [3.8, 4) is 0 Å². The Bertz CT molecular complexity index is 525. The SMILES string of the molecule is CCC(CC)(NC(=O)c1n[nH]c2c1CNCC2)C(N)=O.Cl. The molecule has 7 nitrogen and oxygen atoms in total. The average Bonchev–Trinajstić information content (AvgIpc) is 2.88. The maximum atomic E-state index is 12.4. The molecule has 0 aromatic carbocycles. The third-order valence-corrected chi connectivity index (χ3v) is 4.05. The first kappa shape index (κ1) is 17.5. The fourth-order valence-electron chi connectivity index (χ4n) is 2.53. The van der Waals surface area contributed by atoms with Crippen molar-refractivity contribution >= 4 is 24.2 Å². The van der Waals surface area contributed by atoms with E-state index in [2.05, 4.69) is 20.8 Å². The van der Waals surface area contributed by atoms with Gasteiger partial charge in [0.2, 0.25) is 5.91 Å². The minimum atomic E-state index is -1.01. The van der Waals surface area contributed by atoms with Crippen LogP contribution in [-0.4, -0.2) is 34.1 Å². The zero-order chi connectivity index (χ0) is 14.8. The first-order valence-corrected chi connectivity index (χ1v) is 6.93. The highest BCUT2D eigenvalue weighted by Gasteiger charge is 2.36. The standard InChI is InChI=1S/C13H21N5O2.ClH/c1-3-13(4-2,12(14)20)16-11(19)10-8-7-15-6-5-9(8)17-18-10;/h15H,3-7H2,1-2H3,(H2,14,20)(H,16,19)(H,17,18);1H. The molecular weight excluding hydrogens is 294 g/mol. The summed E-state index contributed by atoms with van der Waals surface area (Å²) in [6, 6.07) is 0. The van der Waals surface area contributed by atoms with Crippen LogP contribution in [0, 0.1) is 0 Å². The average molecular weight is 316 g/mol. The van der Waals surface area contributed by atoms with Gasteiger partial charge < -0.3 is 16.4 Å². The van der Waals surface area contributed by atoms with Gasteiger partial charge in [0.05, 0.1) is 0 Å². The molecule has 0 bridgehead atoms. The number of hydrogen-bond acceptors (Lipinski definition) is 4. The van der Waals surface area contributed by atoms with E-state index in [4.69, 9.17) is 5.73 Å². The van der Waals surface area contributed by atoms with Gasteiger partial charge >= 0.3 is 0 Å². The van der Waals surface area contributed by atoms with E-state index >= 15 is 0 Å². The molecule has 0 aliphatic carbocycles. The minimum absolute atomic E-state index is 0. The number of nitrogens with one attached hydrogen (secondary N) is 3. The molecule has 0 radical (unpaired) electrons. The highest BCUT2D eigenvalue weighted by molar-refractivity contribution is 5.98. The molecule has 2 rings (SSSR count). The molecule has 1 aromatic heterocycles. The molecule has 0 saturated heterocycles. The fourth-order valence-corrected chi connectivity index (χ4v) is 2.53. The highest BCUT2D eigenvalue weighted by atomic mass is 35.5. The molecule has 1 aromatic rings. The quantitative estimate of drug-likeness (QED) is 0.624. The smallest absolute Gasteiger partial charge is 0.272 e. The maximum absolute atomic E-state index is 12.4. The lowest BCUT2D eigenvalue weighted by molar-refractivity contribution is -0.124. The monoisotopic (exact) mass is 315 g/mol. The van der Waals surface area contributed by atoms with E-state index in [0.717, 1.165) is 24.2 Å². The van der Waals surface area contributed by atoms with E-state index in [1.807, 2.05) is 13.8 Å². The van der Waals surface area contributed by atoms with E-state index in [1.54, 1.807) is 0 Å². The number of aromatic amines is 1. The Hall–Kier alpha value is -1.60. The number of primary amides is 1. The largest absolute Gasteiger partial charge is 0.368 e. The Labute approximate surface area is 129 Å². The van der Waals surface area contributed by atoms with Crippen LogP contribution in [0.5, 0.6) is 0 Å². The van der Waals surface area contributed by atoms with Crippen molar-refractivity contribution in [1.82, 2.24) is 20.8 Å². The number of fused-ring (bicyclic) bond motifs is 1. The summed E-state index contributed by atoms with van der Waals surface area (Å²) < 4.78 is 0. The first-order valence-electron chi connectivity index (χ1n) is 6.93. The van der Waals surface area contributed by atoms with Crippen LogP contribution in [0.3, 0.4) is 0 Å². The summed E-state index contributed by atoms with van der Waals surface area (Å²) in [6.07, 6.45) is 1.73. The van der Waals surface area contributed by atoms with Crippen LogP contribution in [0.2, 0.25) is 0 Å². The molecule has 1 aliphatic rings. The van der Waals surface area contributed by atoms with E-state index in [1.165, 1.54) is 0 Å². The number of carbonyl (C=O) groups is 2. The lowest BCUT2D eigenvalue weighted by Gasteiger charge is -2.29. The second kappa shape index (κ2) is 6.91. The molecule has 8 heteroatoms. The first-order chi connectivity index (χ1) is 9.54. The van der Waals surface area contributed by atoms with Crippen molar-refractivity contribution in [2.45, 2.75) is 45.2 Å². The molecule has 21 heavy (non-hydrogen) atoms. The molecule has 0 atom stereocenters. The van der Waals surface area contributed by atoms with Crippen molar-refractivity contribution in [1.29, 1.82) is 0 Å². The Balaban J connectivity index is 0.00000220. The second-order valence-electron chi connectivity index (χ2n) is 5.06. The molecule has 0 spiro atoms. The zero-order valence-electron chi connectivity index (χ0n) is 12.3. The number of nitrogens with zero attached hydrogens (tertiary/aromatic N) is 1. The van der Waals surface area contributed by atoms with Gasteiger partial charge in [-0.15, -0.1) is 12.4 Å². The Morgan fingerprint density at radius 1 is 1.38 bits per heavy atom. The number of halogens is 1. The van der Waals surface area contributed by atoms with Crippen molar-refractivity contribution < 1.29 is 9.59 Å². The van der Waals surface area contributed by atoms with Gasteiger partial charge in [0.1, 0.15) is 5.54 Å². The summed E-state index contributed by atoms with van der Waals surface area (Å²) in [7, 11) is 0. The molecular formula is C13H22ClN5O2. The van der Waals surface area contributed by atoms with Crippen LogP contribution in [-0.2, 0) is 17.8 Å². The Morgan fingerprint density at radius 2 is 2.05 bits per heavy atom. The van der Waals surface area contributed by atoms with Crippen LogP contribution in [0.25, 0.3) is 0 Å². The van der Waals surface area contributed by atoms with Crippen LogP contribution in [0.4, 0.5) is 0 Å². The number of H-pyrrole nitrogens is 1. The summed E-state index contributed by atoms with van der Waals surface area (Å²) in [6.45, 7) is 5.13. The van der Waals surface area contributed by atoms with Crippen LogP contribution >= 0.6 is 12.4 Å². The minimum Gasteiger partial charge on any atom is -0.368 e. The number of rotatable bonds is 5. The lowest BCUT2D eigenvalue weighted by atomic mass is 9.91. The third kappa shape index (κ3) is 3.19. The molecule has 2 amide bonds. The molecule has 0 saturated carbocycles.